The SMILES string of the molecule is CC(C)C(NC(=O)OC(C)(C)C)c1ncc(-c2ccc3cc(Br)ccc3c2)[nH]1. The first-order chi connectivity index (χ1) is 13.1. The Balaban J connectivity index is 1.84. The molecule has 0 radical (unpaired) electrons. The minimum absolute atomic E-state index is 0.153. The fourth-order valence-electron chi connectivity index (χ4n) is 3.01. The summed E-state index contributed by atoms with van der Waals surface area (Å²) in [5.41, 5.74) is 1.42. The number of hydrogen-bond acceptors (Lipinski definition) is 3. The number of aromatic nitrogens is 2. The molecule has 0 saturated heterocycles. The summed E-state index contributed by atoms with van der Waals surface area (Å²) in [5.74, 6) is 0.868. The number of benzene rings is 2. The van der Waals surface area contributed by atoms with Gasteiger partial charge in [-0.1, -0.05) is 48.0 Å². The first-order valence-electron chi connectivity index (χ1n) is 9.36. The molecule has 0 aliphatic heterocycles. The Morgan fingerprint density at radius 2 is 1.82 bits per heavy atom. The molecule has 1 unspecified atom stereocenters. The maximum absolute atomic E-state index is 12.2. The number of fused-ring (bicyclic) bond motifs is 1. The van der Waals surface area contributed by atoms with Crippen molar-refractivity contribution < 1.29 is 9.53 Å². The number of aromatic amines is 1. The van der Waals surface area contributed by atoms with Crippen molar-refractivity contribution in [2.45, 2.75) is 46.3 Å². The number of ether oxygens (including phenoxy) is 1. The average molecular weight is 444 g/mol. The fraction of sp³-hybridized carbons (Fsp3) is 0.364. The quantitative estimate of drug-likeness (QED) is 0.503. The van der Waals surface area contributed by atoms with Crippen molar-refractivity contribution in [1.29, 1.82) is 0 Å². The Hall–Kier alpha value is -2.34. The summed E-state index contributed by atoms with van der Waals surface area (Å²) in [6.45, 7) is 9.62. The summed E-state index contributed by atoms with van der Waals surface area (Å²) in [6.07, 6.45) is 1.36. The van der Waals surface area contributed by atoms with Crippen molar-refractivity contribution in [3.63, 3.8) is 0 Å². The van der Waals surface area contributed by atoms with Crippen molar-refractivity contribution in [2.75, 3.05) is 0 Å². The highest BCUT2D eigenvalue weighted by molar-refractivity contribution is 9.10. The van der Waals surface area contributed by atoms with Gasteiger partial charge in [-0.15, -0.1) is 0 Å². The molecular formula is C22H26BrN3O2. The van der Waals surface area contributed by atoms with E-state index in [4.69, 9.17) is 4.74 Å². The Labute approximate surface area is 174 Å². The van der Waals surface area contributed by atoms with E-state index in [1.807, 2.05) is 46.9 Å². The topological polar surface area (TPSA) is 67.0 Å². The number of amides is 1. The van der Waals surface area contributed by atoms with Crippen LogP contribution in [0.3, 0.4) is 0 Å². The van der Waals surface area contributed by atoms with E-state index in [1.54, 1.807) is 0 Å². The fourth-order valence-corrected chi connectivity index (χ4v) is 3.39. The van der Waals surface area contributed by atoms with Gasteiger partial charge in [-0.3, -0.25) is 0 Å². The van der Waals surface area contributed by atoms with Crippen molar-refractivity contribution in [1.82, 2.24) is 15.3 Å². The number of halogens is 1. The second-order valence-corrected chi connectivity index (χ2v) is 9.17. The van der Waals surface area contributed by atoms with Crippen LogP contribution in [0.25, 0.3) is 22.0 Å². The molecule has 1 heterocycles. The number of carbonyl (C=O) groups is 1. The molecule has 0 aliphatic carbocycles. The number of rotatable bonds is 4. The number of imidazole rings is 1. The van der Waals surface area contributed by atoms with Crippen LogP contribution < -0.4 is 5.32 Å². The monoisotopic (exact) mass is 443 g/mol. The lowest BCUT2D eigenvalue weighted by atomic mass is 10.0. The van der Waals surface area contributed by atoms with Crippen molar-refractivity contribution in [2.24, 2.45) is 5.92 Å². The lowest BCUT2D eigenvalue weighted by Gasteiger charge is -2.24. The molecule has 6 heteroatoms. The van der Waals surface area contributed by atoms with Crippen molar-refractivity contribution in [3.05, 3.63) is 52.9 Å². The third kappa shape index (κ3) is 4.93. The van der Waals surface area contributed by atoms with Gasteiger partial charge in [0.25, 0.3) is 0 Å². The highest BCUT2D eigenvalue weighted by atomic mass is 79.9. The van der Waals surface area contributed by atoms with E-state index >= 15 is 0 Å². The second-order valence-electron chi connectivity index (χ2n) is 8.26. The molecule has 2 aromatic carbocycles. The van der Waals surface area contributed by atoms with Gasteiger partial charge in [-0.25, -0.2) is 9.78 Å². The summed E-state index contributed by atoms with van der Waals surface area (Å²) in [6, 6.07) is 12.2. The first-order valence-corrected chi connectivity index (χ1v) is 10.2. The van der Waals surface area contributed by atoms with Crippen LogP contribution in [0.4, 0.5) is 4.79 Å². The van der Waals surface area contributed by atoms with E-state index < -0.39 is 11.7 Å². The van der Waals surface area contributed by atoms with E-state index in [-0.39, 0.29) is 12.0 Å². The van der Waals surface area contributed by atoms with Gasteiger partial charge >= 0.3 is 6.09 Å². The highest BCUT2D eigenvalue weighted by Crippen LogP contribution is 2.27. The van der Waals surface area contributed by atoms with E-state index in [2.05, 4.69) is 61.5 Å². The third-order valence-electron chi connectivity index (χ3n) is 4.34. The molecule has 28 heavy (non-hydrogen) atoms. The zero-order valence-electron chi connectivity index (χ0n) is 16.8. The molecule has 0 fully saturated rings. The Bertz CT molecular complexity index is 989. The zero-order chi connectivity index (χ0) is 20.5. The molecule has 1 aromatic heterocycles. The maximum atomic E-state index is 12.2. The van der Waals surface area contributed by atoms with Crippen LogP contribution >= 0.6 is 15.9 Å². The van der Waals surface area contributed by atoms with Gasteiger partial charge < -0.3 is 15.0 Å². The summed E-state index contributed by atoms with van der Waals surface area (Å²) >= 11 is 3.51. The Kier molecular flexibility index (Phi) is 5.79. The van der Waals surface area contributed by atoms with Crippen LogP contribution in [0.15, 0.2) is 47.1 Å². The van der Waals surface area contributed by atoms with Crippen LogP contribution in [0, 0.1) is 5.92 Å². The van der Waals surface area contributed by atoms with Gasteiger partial charge in [-0.2, -0.15) is 0 Å². The summed E-state index contributed by atoms with van der Waals surface area (Å²) in [4.78, 5) is 20.1. The smallest absolute Gasteiger partial charge is 0.408 e. The number of nitrogens with one attached hydrogen (secondary N) is 2. The maximum Gasteiger partial charge on any atom is 0.408 e. The molecule has 3 aromatic rings. The van der Waals surface area contributed by atoms with Crippen LogP contribution in [0.5, 0.6) is 0 Å². The van der Waals surface area contributed by atoms with Crippen molar-refractivity contribution >= 4 is 32.8 Å². The third-order valence-corrected chi connectivity index (χ3v) is 4.84. The van der Waals surface area contributed by atoms with Gasteiger partial charge in [0.2, 0.25) is 0 Å². The molecule has 0 bridgehead atoms. The molecular weight excluding hydrogens is 418 g/mol. The van der Waals surface area contributed by atoms with Crippen LogP contribution in [-0.4, -0.2) is 21.7 Å². The van der Waals surface area contributed by atoms with Gasteiger partial charge in [0, 0.05) is 10.0 Å². The summed E-state index contributed by atoms with van der Waals surface area (Å²) in [5, 5.41) is 5.26. The van der Waals surface area contributed by atoms with Gasteiger partial charge in [0.05, 0.1) is 17.9 Å². The Morgan fingerprint density at radius 1 is 1.14 bits per heavy atom. The standard InChI is InChI=1S/C22H26BrN3O2/c1-13(2)19(26-21(27)28-22(3,4)5)20-24-12-18(25-20)16-7-6-15-11-17(23)9-8-14(15)10-16/h6-13,19H,1-5H3,(H,24,25)(H,26,27). The molecule has 3 rings (SSSR count). The predicted molar refractivity (Wildman–Crippen MR) is 116 cm³/mol. The predicted octanol–water partition coefficient (Wildman–Crippen LogP) is 6.21. The lowest BCUT2D eigenvalue weighted by Crippen LogP contribution is -2.37. The second kappa shape index (κ2) is 7.95. The normalized spacial score (nSPS) is 13.0. The van der Waals surface area contributed by atoms with Gasteiger partial charge in [0.1, 0.15) is 11.4 Å². The molecule has 148 valence electrons. The number of carbonyl (C=O) groups excluding carboxylic acids is 1. The number of H-pyrrole nitrogens is 1. The summed E-state index contributed by atoms with van der Waals surface area (Å²) in [7, 11) is 0. The van der Waals surface area contributed by atoms with Gasteiger partial charge in [-0.05, 0) is 55.7 Å². The van der Waals surface area contributed by atoms with Crippen molar-refractivity contribution in [3.8, 4) is 11.3 Å². The van der Waals surface area contributed by atoms with E-state index in [9.17, 15) is 4.79 Å². The number of hydrogen-bond donors (Lipinski definition) is 2. The van der Waals surface area contributed by atoms with E-state index in [0.29, 0.717) is 5.82 Å². The molecule has 2 N–H and O–H groups in total. The molecule has 1 amide bonds. The van der Waals surface area contributed by atoms with E-state index in [1.165, 1.54) is 5.39 Å². The molecule has 0 spiro atoms. The Morgan fingerprint density at radius 3 is 2.50 bits per heavy atom. The largest absolute Gasteiger partial charge is 0.444 e. The molecule has 5 nitrogen and oxygen atoms in total. The average Bonchev–Trinajstić information content (AvgIpc) is 3.07. The molecule has 0 saturated carbocycles. The summed E-state index contributed by atoms with van der Waals surface area (Å²) < 4.78 is 6.45. The molecule has 1 atom stereocenters. The zero-order valence-corrected chi connectivity index (χ0v) is 18.4. The lowest BCUT2D eigenvalue weighted by molar-refractivity contribution is 0.0486. The van der Waals surface area contributed by atoms with E-state index in [0.717, 1.165) is 21.1 Å². The van der Waals surface area contributed by atoms with Gasteiger partial charge in [0.15, 0.2) is 0 Å². The minimum atomic E-state index is -0.542. The first kappa shape index (κ1) is 20.4. The minimum Gasteiger partial charge on any atom is -0.444 e. The molecule has 0 aliphatic rings. The van der Waals surface area contributed by atoms with Crippen LogP contribution in [-0.2, 0) is 4.74 Å². The number of nitrogens with zero attached hydrogens (tertiary/aromatic N) is 1. The van der Waals surface area contributed by atoms with Crippen LogP contribution in [0.2, 0.25) is 0 Å². The highest BCUT2D eigenvalue weighted by Gasteiger charge is 2.25. The number of alkyl carbamates (subject to hydrolysis) is 1. The van der Waals surface area contributed by atoms with Crippen LogP contribution in [0.1, 0.15) is 46.5 Å².